The molecule has 2 unspecified atom stereocenters. The highest BCUT2D eigenvalue weighted by atomic mass is 31.2. The van der Waals surface area contributed by atoms with Crippen molar-refractivity contribution in [2.24, 2.45) is 22.7 Å². The monoisotopic (exact) mass is 843 g/mol. The zero-order valence-electron chi connectivity index (χ0n) is 39.7. The van der Waals surface area contributed by atoms with Gasteiger partial charge in [0.05, 0.1) is 39.6 Å². The normalized spacial score (nSPS) is 31.8. The molecule has 11 heteroatoms. The smallest absolute Gasteiger partial charge is 0.259 e. The van der Waals surface area contributed by atoms with E-state index >= 15 is 0 Å². The second-order valence-electron chi connectivity index (χ2n) is 21.8. The Morgan fingerprint density at radius 3 is 1.12 bits per heavy atom. The van der Waals surface area contributed by atoms with Crippen molar-refractivity contribution in [3.8, 4) is 0 Å². The molecular weight excluding hydrogens is 750 g/mol. The Hall–Kier alpha value is 0.500. The molecule has 0 amide bonds. The van der Waals surface area contributed by atoms with Gasteiger partial charge in [0.2, 0.25) is 0 Å². The Labute approximate surface area is 355 Å². The number of nitrogens with zero attached hydrogens (tertiary/aromatic N) is 2. The molecule has 57 heavy (non-hydrogen) atoms. The van der Waals surface area contributed by atoms with Crippen LogP contribution in [0.1, 0.15) is 187 Å². The van der Waals surface area contributed by atoms with Crippen molar-refractivity contribution in [1.82, 2.24) is 20.0 Å². The van der Waals surface area contributed by atoms with E-state index in [0.717, 1.165) is 51.6 Å². The lowest BCUT2D eigenvalue weighted by atomic mass is 9.79. The zero-order valence-corrected chi connectivity index (χ0v) is 41.5. The molecule has 2 atom stereocenters. The summed E-state index contributed by atoms with van der Waals surface area (Å²) in [4.78, 5) is 0. The molecule has 0 aromatic heterocycles. The third kappa shape index (κ3) is 14.8. The SMILES string of the molecule is CCCCC(CC)CN(C1CC(C)(C)NC(C)(C)C1)P1OCC(CC)(COCC2(CC)COP(N(CC(CC)CCCC)C3CC(C)(C)NC(C)(C)C3)OC2)CO1. The average molecular weight is 843 g/mol. The van der Waals surface area contributed by atoms with Gasteiger partial charge in [0, 0.05) is 58.2 Å². The number of rotatable bonds is 22. The highest BCUT2D eigenvalue weighted by Crippen LogP contribution is 2.56. The summed E-state index contributed by atoms with van der Waals surface area (Å²) >= 11 is 0. The number of hydrogen-bond acceptors (Lipinski definition) is 9. The van der Waals surface area contributed by atoms with Crippen molar-refractivity contribution in [2.45, 2.75) is 221 Å². The summed E-state index contributed by atoms with van der Waals surface area (Å²) in [6.45, 7) is 38.8. The number of nitrogens with one attached hydrogen (secondary N) is 2. The molecule has 0 bridgehead atoms. The first-order valence-corrected chi connectivity index (χ1v) is 25.8. The highest BCUT2D eigenvalue weighted by Gasteiger charge is 2.48. The summed E-state index contributed by atoms with van der Waals surface area (Å²) in [6, 6.07) is 0.856. The van der Waals surface area contributed by atoms with Crippen LogP contribution >= 0.6 is 17.1 Å². The van der Waals surface area contributed by atoms with E-state index in [1.54, 1.807) is 0 Å². The zero-order chi connectivity index (χ0) is 42.1. The Balaban J connectivity index is 1.39. The van der Waals surface area contributed by atoms with E-state index in [4.69, 9.17) is 22.8 Å². The van der Waals surface area contributed by atoms with E-state index in [-0.39, 0.29) is 33.0 Å². The van der Waals surface area contributed by atoms with Gasteiger partial charge >= 0.3 is 0 Å². The summed E-state index contributed by atoms with van der Waals surface area (Å²) in [6.07, 6.45) is 16.3. The second-order valence-corrected chi connectivity index (χ2v) is 24.8. The number of hydrogen-bond donors (Lipinski definition) is 2. The number of piperidine rings is 2. The molecule has 0 aliphatic carbocycles. The number of unbranched alkanes of at least 4 members (excludes halogenated alkanes) is 2. The lowest BCUT2D eigenvalue weighted by molar-refractivity contribution is -0.0931. The molecule has 4 aliphatic heterocycles. The maximum Gasteiger partial charge on any atom is 0.259 e. The largest absolute Gasteiger partial charge is 0.380 e. The summed E-state index contributed by atoms with van der Waals surface area (Å²) in [5.74, 6) is 1.32. The predicted molar refractivity (Wildman–Crippen MR) is 243 cm³/mol. The highest BCUT2D eigenvalue weighted by molar-refractivity contribution is 7.44. The molecule has 0 spiro atoms. The quantitative estimate of drug-likeness (QED) is 0.104. The summed E-state index contributed by atoms with van der Waals surface area (Å²) in [5, 5.41) is 7.81. The fourth-order valence-electron chi connectivity index (χ4n) is 10.5. The lowest BCUT2D eigenvalue weighted by Crippen LogP contribution is -2.62. The third-order valence-electron chi connectivity index (χ3n) is 13.8. The topological polar surface area (TPSA) is 76.7 Å². The standard InChI is InChI=1S/C46H92N4O5P2/c1-15-21-23-37(17-3)29-49(39-25-41(7,8)47-42(9,10)26-39)56-52-33-45(19-5,34-53-56)31-51-32-46(20-6)35-54-57(55-36-46)50(30-38(18-4)24-22-16-2)40-27-43(11,12)48-44(13,14)28-40/h37-40,47-48H,15-36H2,1-14H3. The van der Waals surface area contributed by atoms with Crippen LogP contribution in [0.25, 0.3) is 0 Å². The molecule has 0 aromatic carbocycles. The summed E-state index contributed by atoms with van der Waals surface area (Å²) < 4.78 is 39.6. The fourth-order valence-corrected chi connectivity index (χ4v) is 14.4. The van der Waals surface area contributed by atoms with Gasteiger partial charge in [0.25, 0.3) is 17.1 Å². The first-order chi connectivity index (χ1) is 26.8. The second kappa shape index (κ2) is 21.7. The van der Waals surface area contributed by atoms with Crippen LogP contribution in [0.3, 0.4) is 0 Å². The van der Waals surface area contributed by atoms with Crippen molar-refractivity contribution >= 4 is 17.1 Å². The van der Waals surface area contributed by atoms with Gasteiger partial charge in [0.15, 0.2) is 0 Å². The van der Waals surface area contributed by atoms with E-state index in [0.29, 0.717) is 63.6 Å². The first kappa shape index (κ1) is 50.1. The van der Waals surface area contributed by atoms with E-state index in [1.165, 1.54) is 51.4 Å². The van der Waals surface area contributed by atoms with Gasteiger partial charge < -0.3 is 33.5 Å². The summed E-state index contributed by atoms with van der Waals surface area (Å²) in [7, 11) is -2.27. The van der Waals surface area contributed by atoms with E-state index in [1.807, 2.05) is 0 Å². The van der Waals surface area contributed by atoms with Crippen LogP contribution in [0.5, 0.6) is 0 Å². The van der Waals surface area contributed by atoms with Gasteiger partial charge in [-0.25, -0.2) is 9.34 Å². The molecule has 4 rings (SSSR count). The van der Waals surface area contributed by atoms with Gasteiger partial charge in [-0.3, -0.25) is 0 Å². The predicted octanol–water partition coefficient (Wildman–Crippen LogP) is 12.0. The van der Waals surface area contributed by atoms with Crippen molar-refractivity contribution < 1.29 is 22.8 Å². The fraction of sp³-hybridized carbons (Fsp3) is 1.00. The Morgan fingerprint density at radius 2 is 0.860 bits per heavy atom. The minimum atomic E-state index is -1.14. The van der Waals surface area contributed by atoms with E-state index in [9.17, 15) is 0 Å². The first-order valence-electron chi connectivity index (χ1n) is 23.6. The van der Waals surface area contributed by atoms with Gasteiger partial charge in [0.1, 0.15) is 0 Å². The minimum absolute atomic E-state index is 0.0664. The Bertz CT molecular complexity index is 1050. The molecule has 0 radical (unpaired) electrons. The van der Waals surface area contributed by atoms with Crippen molar-refractivity contribution in [2.75, 3.05) is 52.7 Å². The molecule has 0 aromatic rings. The third-order valence-corrected chi connectivity index (χ3v) is 17.0. The molecule has 2 N–H and O–H groups in total. The van der Waals surface area contributed by atoms with Gasteiger partial charge in [-0.15, -0.1) is 0 Å². The van der Waals surface area contributed by atoms with Gasteiger partial charge in [-0.1, -0.05) is 80.1 Å². The maximum atomic E-state index is 6.88. The number of ether oxygens (including phenoxy) is 1. The van der Waals surface area contributed by atoms with Crippen LogP contribution in [-0.4, -0.2) is 96.3 Å². The van der Waals surface area contributed by atoms with Crippen LogP contribution in [0.15, 0.2) is 0 Å². The molecule has 9 nitrogen and oxygen atoms in total. The minimum Gasteiger partial charge on any atom is -0.380 e. The lowest BCUT2D eigenvalue weighted by Gasteiger charge is -2.52. The molecular formula is C46H92N4O5P2. The van der Waals surface area contributed by atoms with Crippen molar-refractivity contribution in [3.63, 3.8) is 0 Å². The molecule has 4 aliphatic rings. The average Bonchev–Trinajstić information content (AvgIpc) is 3.13. The molecule has 0 saturated carbocycles. The van der Waals surface area contributed by atoms with Crippen molar-refractivity contribution in [3.05, 3.63) is 0 Å². The van der Waals surface area contributed by atoms with E-state index < -0.39 is 17.1 Å². The van der Waals surface area contributed by atoms with Crippen LogP contribution in [0.4, 0.5) is 0 Å². The van der Waals surface area contributed by atoms with Crippen LogP contribution in [-0.2, 0) is 22.8 Å². The van der Waals surface area contributed by atoms with Crippen molar-refractivity contribution in [1.29, 1.82) is 0 Å². The molecule has 336 valence electrons. The van der Waals surface area contributed by atoms with Crippen LogP contribution in [0, 0.1) is 22.7 Å². The van der Waals surface area contributed by atoms with Gasteiger partial charge in [-0.2, -0.15) is 0 Å². The van der Waals surface area contributed by atoms with Gasteiger partial charge in [-0.05, 0) is 119 Å². The molecule has 4 saturated heterocycles. The molecule has 4 heterocycles. The maximum absolute atomic E-state index is 6.88. The Kier molecular flexibility index (Phi) is 19.1. The van der Waals surface area contributed by atoms with Crippen LogP contribution in [0.2, 0.25) is 0 Å². The van der Waals surface area contributed by atoms with E-state index in [2.05, 4.69) is 117 Å². The Morgan fingerprint density at radius 1 is 0.544 bits per heavy atom. The van der Waals surface area contributed by atoms with Crippen LogP contribution < -0.4 is 10.6 Å². The molecule has 4 fully saturated rings. The summed E-state index contributed by atoms with van der Waals surface area (Å²) in [5.41, 5.74) is -0.0389.